The number of nitrogens with two attached hydrogens (primary N) is 1. The van der Waals surface area contributed by atoms with Crippen molar-refractivity contribution in [2.75, 3.05) is 44.7 Å². The molecule has 3 N–H and O–H groups in total. The number of rotatable bonds is 8. The Balaban J connectivity index is 1.36. The Hall–Kier alpha value is -3.23. The number of carbonyl (C=O) groups is 1. The highest BCUT2D eigenvalue weighted by atomic mass is 16.5. The van der Waals surface area contributed by atoms with Gasteiger partial charge in [0.1, 0.15) is 11.3 Å². The number of aryl methyl sites for hydroxylation is 1. The first kappa shape index (κ1) is 23.9. The molecule has 0 spiro atoms. The van der Waals surface area contributed by atoms with Crippen molar-refractivity contribution < 1.29 is 14.6 Å². The maximum atomic E-state index is 12.9. The molecule has 0 bridgehead atoms. The predicted molar refractivity (Wildman–Crippen MR) is 133 cm³/mol. The smallest absolute Gasteiger partial charge is 0.253 e. The number of aromatic nitrogens is 2. The van der Waals surface area contributed by atoms with Crippen molar-refractivity contribution in [2.45, 2.75) is 31.8 Å². The molecule has 1 fully saturated rings. The van der Waals surface area contributed by atoms with Crippen molar-refractivity contribution in [1.29, 1.82) is 0 Å². The Morgan fingerprint density at radius 3 is 2.62 bits per heavy atom. The molecule has 2 aromatic heterocycles. The number of hydrogen-bond acceptors (Lipinski definition) is 7. The van der Waals surface area contributed by atoms with Crippen molar-refractivity contribution in [1.82, 2.24) is 14.9 Å². The molecule has 1 aliphatic heterocycles. The summed E-state index contributed by atoms with van der Waals surface area (Å²) < 4.78 is 5.60. The average Bonchev–Trinajstić information content (AvgIpc) is 2.84. The van der Waals surface area contributed by atoms with Crippen LogP contribution in [-0.4, -0.2) is 71.3 Å². The third kappa shape index (κ3) is 5.46. The van der Waals surface area contributed by atoms with Crippen LogP contribution in [0.15, 0.2) is 48.7 Å². The number of benzene rings is 1. The van der Waals surface area contributed by atoms with Gasteiger partial charge in [-0.05, 0) is 75.2 Å². The summed E-state index contributed by atoms with van der Waals surface area (Å²) in [6.45, 7) is 4.75. The fourth-order valence-corrected chi connectivity index (χ4v) is 4.39. The Bertz CT molecular complexity index is 1130. The average molecular weight is 464 g/mol. The Morgan fingerprint density at radius 1 is 1.18 bits per heavy atom. The lowest BCUT2D eigenvalue weighted by Gasteiger charge is -2.41. The molecule has 8 nitrogen and oxygen atoms in total. The van der Waals surface area contributed by atoms with E-state index in [1.807, 2.05) is 25.1 Å². The van der Waals surface area contributed by atoms with Crippen LogP contribution in [0, 0.1) is 6.92 Å². The molecule has 1 saturated heterocycles. The van der Waals surface area contributed by atoms with E-state index in [9.17, 15) is 9.90 Å². The molecule has 8 heteroatoms. The number of fused-ring (bicyclic) bond motifs is 1. The van der Waals surface area contributed by atoms with Gasteiger partial charge in [0.05, 0.1) is 23.4 Å². The van der Waals surface area contributed by atoms with Gasteiger partial charge < -0.3 is 25.4 Å². The maximum Gasteiger partial charge on any atom is 0.253 e. The first-order valence-corrected chi connectivity index (χ1v) is 11.8. The second-order valence-electron chi connectivity index (χ2n) is 9.04. The first-order valence-electron chi connectivity index (χ1n) is 11.8. The zero-order chi connectivity index (χ0) is 24.1. The fraction of sp³-hybridized carbons (Fsp3) is 0.423. The van der Waals surface area contributed by atoms with Crippen molar-refractivity contribution in [2.24, 2.45) is 5.73 Å². The minimum Gasteiger partial charge on any atom is -0.494 e. The molecule has 0 saturated carbocycles. The largest absolute Gasteiger partial charge is 0.494 e. The maximum absolute atomic E-state index is 12.9. The highest BCUT2D eigenvalue weighted by Gasteiger charge is 2.35. The number of aliphatic hydroxyl groups is 1. The second-order valence-corrected chi connectivity index (χ2v) is 9.04. The van der Waals surface area contributed by atoms with E-state index >= 15 is 0 Å². The molecule has 34 heavy (non-hydrogen) atoms. The van der Waals surface area contributed by atoms with Gasteiger partial charge in [-0.1, -0.05) is 0 Å². The summed E-state index contributed by atoms with van der Waals surface area (Å²) in [7, 11) is 1.74. The number of ether oxygens (including phenoxy) is 1. The summed E-state index contributed by atoms with van der Waals surface area (Å²) in [5.74, 6) is 0.594. The van der Waals surface area contributed by atoms with E-state index < -0.39 is 5.60 Å². The Labute approximate surface area is 200 Å². The second kappa shape index (κ2) is 10.4. The van der Waals surface area contributed by atoms with E-state index in [-0.39, 0.29) is 12.5 Å². The molecule has 0 aliphatic carbocycles. The van der Waals surface area contributed by atoms with Crippen LogP contribution in [0.5, 0.6) is 5.75 Å². The molecule has 3 heterocycles. The van der Waals surface area contributed by atoms with Gasteiger partial charge in [-0.15, -0.1) is 0 Å². The van der Waals surface area contributed by atoms with Crippen LogP contribution in [0.1, 0.15) is 35.3 Å². The van der Waals surface area contributed by atoms with Gasteiger partial charge >= 0.3 is 0 Å². The molecule has 3 aromatic rings. The van der Waals surface area contributed by atoms with Gasteiger partial charge in [0, 0.05) is 44.1 Å². The quantitative estimate of drug-likeness (QED) is 0.495. The van der Waals surface area contributed by atoms with Crippen LogP contribution >= 0.6 is 0 Å². The van der Waals surface area contributed by atoms with Crippen LogP contribution in [0.4, 0.5) is 5.69 Å². The minimum atomic E-state index is -0.932. The van der Waals surface area contributed by atoms with E-state index in [1.54, 1.807) is 42.4 Å². The minimum absolute atomic E-state index is 0.121. The molecule has 180 valence electrons. The lowest BCUT2D eigenvalue weighted by Crippen LogP contribution is -2.51. The van der Waals surface area contributed by atoms with Crippen molar-refractivity contribution in [3.8, 4) is 5.75 Å². The number of likely N-dealkylation sites (N-methyl/N-ethyl adjacent to an activating group) is 1. The summed E-state index contributed by atoms with van der Waals surface area (Å²) in [6, 6.07) is 13.0. The predicted octanol–water partition coefficient (Wildman–Crippen LogP) is 2.77. The molecule has 0 atom stereocenters. The van der Waals surface area contributed by atoms with E-state index in [0.29, 0.717) is 50.4 Å². The standard InChI is InChI=1S/C26H33N5O3/c1-19-4-9-22-24(29-19)23(10-14-28-22)31-15-11-26(33,12-16-31)18-30(2)25(32)20-5-7-21(8-6-20)34-17-3-13-27/h4-10,14,33H,3,11-13,15-18,27H2,1-2H3. The van der Waals surface area contributed by atoms with Crippen LogP contribution in [0.3, 0.4) is 0 Å². The summed E-state index contributed by atoms with van der Waals surface area (Å²) in [5, 5.41) is 11.2. The molecule has 4 rings (SSSR count). The van der Waals surface area contributed by atoms with Gasteiger partial charge in [-0.25, -0.2) is 4.98 Å². The van der Waals surface area contributed by atoms with E-state index in [0.717, 1.165) is 28.8 Å². The summed E-state index contributed by atoms with van der Waals surface area (Å²) >= 11 is 0. The third-order valence-corrected chi connectivity index (χ3v) is 6.33. The highest BCUT2D eigenvalue weighted by Crippen LogP contribution is 2.30. The first-order chi connectivity index (χ1) is 16.4. The molecular formula is C26H33N5O3. The van der Waals surface area contributed by atoms with E-state index in [4.69, 9.17) is 10.5 Å². The summed E-state index contributed by atoms with van der Waals surface area (Å²) in [4.78, 5) is 25.9. The summed E-state index contributed by atoms with van der Waals surface area (Å²) in [5.41, 5.74) is 8.86. The number of nitrogens with zero attached hydrogens (tertiary/aromatic N) is 4. The number of pyridine rings is 2. The number of carbonyl (C=O) groups excluding carboxylic acids is 1. The molecular weight excluding hydrogens is 430 g/mol. The topological polar surface area (TPSA) is 105 Å². The van der Waals surface area contributed by atoms with Crippen LogP contribution in [0.25, 0.3) is 11.0 Å². The molecule has 1 aliphatic rings. The molecule has 1 amide bonds. The van der Waals surface area contributed by atoms with Gasteiger partial charge in [-0.2, -0.15) is 0 Å². The van der Waals surface area contributed by atoms with Gasteiger partial charge in [0.2, 0.25) is 0 Å². The van der Waals surface area contributed by atoms with Crippen molar-refractivity contribution in [3.05, 3.63) is 59.9 Å². The summed E-state index contributed by atoms with van der Waals surface area (Å²) in [6.07, 6.45) is 3.71. The van der Waals surface area contributed by atoms with Crippen LogP contribution < -0.4 is 15.4 Å². The lowest BCUT2D eigenvalue weighted by molar-refractivity contribution is -0.00799. The van der Waals surface area contributed by atoms with Gasteiger partial charge in [0.15, 0.2) is 0 Å². The normalized spacial score (nSPS) is 15.4. The van der Waals surface area contributed by atoms with E-state index in [2.05, 4.69) is 14.9 Å². The molecule has 0 unspecified atom stereocenters. The number of amides is 1. The van der Waals surface area contributed by atoms with Crippen molar-refractivity contribution >= 4 is 22.6 Å². The SMILES string of the molecule is Cc1ccc2nccc(N3CCC(O)(CN(C)C(=O)c4ccc(OCCCN)cc4)CC3)c2n1. The zero-order valence-electron chi connectivity index (χ0n) is 19.9. The van der Waals surface area contributed by atoms with Crippen LogP contribution in [0.2, 0.25) is 0 Å². The van der Waals surface area contributed by atoms with Gasteiger partial charge in [0.25, 0.3) is 5.91 Å². The number of piperidine rings is 1. The number of hydrogen-bond donors (Lipinski definition) is 2. The molecule has 1 aromatic carbocycles. The Morgan fingerprint density at radius 2 is 1.91 bits per heavy atom. The monoisotopic (exact) mass is 463 g/mol. The van der Waals surface area contributed by atoms with Crippen LogP contribution in [-0.2, 0) is 0 Å². The third-order valence-electron chi connectivity index (χ3n) is 6.33. The van der Waals surface area contributed by atoms with E-state index in [1.165, 1.54) is 0 Å². The fourth-order valence-electron chi connectivity index (χ4n) is 4.39. The zero-order valence-corrected chi connectivity index (χ0v) is 19.9. The lowest BCUT2D eigenvalue weighted by atomic mass is 9.90. The van der Waals surface area contributed by atoms with Gasteiger partial charge in [-0.3, -0.25) is 9.78 Å². The highest BCUT2D eigenvalue weighted by molar-refractivity contribution is 5.94. The Kier molecular flexibility index (Phi) is 7.29. The van der Waals surface area contributed by atoms with Crippen molar-refractivity contribution in [3.63, 3.8) is 0 Å². The molecule has 0 radical (unpaired) electrons. The number of anilines is 1.